The smallest absolute Gasteiger partial charge is 0.410 e. The van der Waals surface area contributed by atoms with Gasteiger partial charge < -0.3 is 18.9 Å². The molecule has 3 heterocycles. The van der Waals surface area contributed by atoms with Crippen molar-refractivity contribution in [2.24, 2.45) is 0 Å². The van der Waals surface area contributed by atoms with E-state index in [2.05, 4.69) is 35.2 Å². The molecule has 0 N–H and O–H groups in total. The zero-order chi connectivity index (χ0) is 25.5. The van der Waals surface area contributed by atoms with E-state index >= 15 is 0 Å². The van der Waals surface area contributed by atoms with Gasteiger partial charge in [0.05, 0.1) is 15.6 Å². The lowest BCUT2D eigenvalue weighted by atomic mass is 9.78. The summed E-state index contributed by atoms with van der Waals surface area (Å²) in [4.78, 5) is 14.9. The standard InChI is InChI=1S/C26H34Cl2N4O3/c1-7-13-34-19-11-10-18(27)22(28)21(19)16-14-20-29-30-23(31(20)15-16)17-9-8-12-32(26(17,5)6)24(33)35-25(2,3)4/h7,10-11,16-17H,1,8-9,12-15H2,2-6H3. The van der Waals surface area contributed by atoms with Crippen LogP contribution < -0.4 is 4.74 Å². The first-order valence-electron chi connectivity index (χ1n) is 12.1. The molecule has 0 saturated carbocycles. The summed E-state index contributed by atoms with van der Waals surface area (Å²) in [6, 6.07) is 3.61. The highest BCUT2D eigenvalue weighted by molar-refractivity contribution is 6.42. The van der Waals surface area contributed by atoms with E-state index in [1.807, 2.05) is 31.7 Å². The average Bonchev–Trinajstić information content (AvgIpc) is 3.34. The summed E-state index contributed by atoms with van der Waals surface area (Å²) in [5.41, 5.74) is -0.143. The molecule has 0 aliphatic carbocycles. The second-order valence-corrected chi connectivity index (χ2v) is 11.6. The third-order valence-electron chi connectivity index (χ3n) is 6.89. The molecule has 1 aromatic carbocycles. The van der Waals surface area contributed by atoms with E-state index in [-0.39, 0.29) is 17.9 Å². The zero-order valence-electron chi connectivity index (χ0n) is 21.1. The Kier molecular flexibility index (Phi) is 7.13. The number of rotatable bonds is 5. The molecule has 2 unspecified atom stereocenters. The van der Waals surface area contributed by atoms with E-state index in [9.17, 15) is 4.79 Å². The Labute approximate surface area is 217 Å². The van der Waals surface area contributed by atoms with Gasteiger partial charge in [-0.05, 0) is 59.6 Å². The molecule has 0 radical (unpaired) electrons. The third kappa shape index (κ3) is 5.03. The fourth-order valence-electron chi connectivity index (χ4n) is 5.23. The molecule has 9 heteroatoms. The summed E-state index contributed by atoms with van der Waals surface area (Å²) in [6.07, 6.45) is 3.89. The van der Waals surface area contributed by atoms with Crippen LogP contribution in [0.4, 0.5) is 4.79 Å². The van der Waals surface area contributed by atoms with Crippen molar-refractivity contribution in [3.63, 3.8) is 0 Å². The van der Waals surface area contributed by atoms with E-state index in [1.54, 1.807) is 12.1 Å². The van der Waals surface area contributed by atoms with Gasteiger partial charge in [-0.2, -0.15) is 0 Å². The molecule has 7 nitrogen and oxygen atoms in total. The molecule has 35 heavy (non-hydrogen) atoms. The number of fused-ring (bicyclic) bond motifs is 1. The van der Waals surface area contributed by atoms with E-state index < -0.39 is 11.1 Å². The average molecular weight is 521 g/mol. The van der Waals surface area contributed by atoms with Crippen LogP contribution in [0, 0.1) is 0 Å². The molecule has 0 spiro atoms. The van der Waals surface area contributed by atoms with Gasteiger partial charge in [0.1, 0.15) is 29.6 Å². The molecule has 2 aromatic rings. The lowest BCUT2D eigenvalue weighted by Gasteiger charge is -2.47. The number of amides is 1. The number of piperidine rings is 1. The Hall–Kier alpha value is -2.25. The van der Waals surface area contributed by atoms with Crippen molar-refractivity contribution in [3.05, 3.63) is 52.0 Å². The van der Waals surface area contributed by atoms with E-state index in [4.69, 9.17) is 32.7 Å². The Morgan fingerprint density at radius 1 is 1.29 bits per heavy atom. The van der Waals surface area contributed by atoms with Crippen molar-refractivity contribution in [3.8, 4) is 5.75 Å². The lowest BCUT2D eigenvalue weighted by molar-refractivity contribution is -0.0138. The van der Waals surface area contributed by atoms with E-state index in [0.29, 0.717) is 41.9 Å². The Morgan fingerprint density at radius 2 is 2.03 bits per heavy atom. The van der Waals surface area contributed by atoms with Gasteiger partial charge in [-0.15, -0.1) is 10.2 Å². The number of halogens is 2. The first-order chi connectivity index (χ1) is 16.4. The molecular formula is C26H34Cl2N4O3. The molecule has 2 aliphatic heterocycles. The molecule has 2 atom stereocenters. The molecule has 0 bridgehead atoms. The first-order valence-corrected chi connectivity index (χ1v) is 12.8. The second kappa shape index (κ2) is 9.66. The minimum absolute atomic E-state index is 0.0232. The van der Waals surface area contributed by atoms with Crippen molar-refractivity contribution in [1.29, 1.82) is 0 Å². The van der Waals surface area contributed by atoms with Gasteiger partial charge in [-0.3, -0.25) is 0 Å². The normalized spacial score (nSPS) is 21.5. The number of aromatic nitrogens is 3. The van der Waals surface area contributed by atoms with Crippen LogP contribution in [0.15, 0.2) is 24.8 Å². The molecule has 1 amide bonds. The van der Waals surface area contributed by atoms with Crippen LogP contribution in [0.5, 0.6) is 5.75 Å². The van der Waals surface area contributed by atoms with Crippen molar-refractivity contribution in [1.82, 2.24) is 19.7 Å². The number of benzene rings is 1. The number of nitrogens with zero attached hydrogens (tertiary/aromatic N) is 4. The summed E-state index contributed by atoms with van der Waals surface area (Å²) < 4.78 is 13.8. The predicted octanol–water partition coefficient (Wildman–Crippen LogP) is 6.38. The van der Waals surface area contributed by atoms with Crippen molar-refractivity contribution < 1.29 is 14.3 Å². The van der Waals surface area contributed by atoms with Gasteiger partial charge in [0.15, 0.2) is 0 Å². The highest BCUT2D eigenvalue weighted by Gasteiger charge is 2.46. The van der Waals surface area contributed by atoms with E-state index in [1.165, 1.54) is 0 Å². The number of hydrogen-bond acceptors (Lipinski definition) is 5. The number of carbonyl (C=O) groups excluding carboxylic acids is 1. The molecule has 1 saturated heterocycles. The van der Waals surface area contributed by atoms with Gasteiger partial charge in [-0.1, -0.05) is 35.9 Å². The molecule has 1 aromatic heterocycles. The topological polar surface area (TPSA) is 69.5 Å². The summed E-state index contributed by atoms with van der Waals surface area (Å²) in [5.74, 6) is 2.58. The number of likely N-dealkylation sites (tertiary alicyclic amines) is 1. The summed E-state index contributed by atoms with van der Waals surface area (Å²) in [5, 5.41) is 10.1. The number of carbonyl (C=O) groups is 1. The van der Waals surface area contributed by atoms with Crippen LogP contribution in [0.3, 0.4) is 0 Å². The fraction of sp³-hybridized carbons (Fsp3) is 0.577. The fourth-order valence-corrected chi connectivity index (χ4v) is 5.71. The molecule has 4 rings (SSSR count). The van der Waals surface area contributed by atoms with Crippen molar-refractivity contribution >= 4 is 29.3 Å². The maximum Gasteiger partial charge on any atom is 0.410 e. The number of ether oxygens (including phenoxy) is 2. The molecule has 1 fully saturated rings. The highest BCUT2D eigenvalue weighted by Crippen LogP contribution is 2.45. The van der Waals surface area contributed by atoms with Crippen LogP contribution in [0.2, 0.25) is 10.0 Å². The minimum Gasteiger partial charge on any atom is -0.489 e. The predicted molar refractivity (Wildman–Crippen MR) is 138 cm³/mol. The Morgan fingerprint density at radius 3 is 2.71 bits per heavy atom. The van der Waals surface area contributed by atoms with Crippen LogP contribution >= 0.6 is 23.2 Å². The summed E-state index contributed by atoms with van der Waals surface area (Å²) >= 11 is 13.0. The SMILES string of the molecule is C=CCOc1ccc(Cl)c(Cl)c1C1Cc2nnc(C3CCCN(C(=O)OC(C)(C)C)C3(C)C)n2C1. The molecule has 2 aliphatic rings. The van der Waals surface area contributed by atoms with Gasteiger partial charge >= 0.3 is 6.09 Å². The third-order valence-corrected chi connectivity index (χ3v) is 7.71. The summed E-state index contributed by atoms with van der Waals surface area (Å²) in [7, 11) is 0. The Balaban J connectivity index is 1.62. The quantitative estimate of drug-likeness (QED) is 0.427. The first kappa shape index (κ1) is 25.8. The zero-order valence-corrected chi connectivity index (χ0v) is 22.6. The Bertz CT molecular complexity index is 1120. The van der Waals surface area contributed by atoms with E-state index in [0.717, 1.165) is 30.1 Å². The van der Waals surface area contributed by atoms with Crippen molar-refractivity contribution in [2.75, 3.05) is 13.2 Å². The van der Waals surface area contributed by atoms with Crippen molar-refractivity contribution in [2.45, 2.75) is 83.4 Å². The maximum absolute atomic E-state index is 13.0. The largest absolute Gasteiger partial charge is 0.489 e. The van der Waals surface area contributed by atoms with Gasteiger partial charge in [0, 0.05) is 36.9 Å². The molecular weight excluding hydrogens is 487 g/mol. The maximum atomic E-state index is 13.0. The van der Waals surface area contributed by atoms with Crippen LogP contribution in [0.1, 0.15) is 76.5 Å². The number of hydrogen-bond donors (Lipinski definition) is 0. The highest BCUT2D eigenvalue weighted by atomic mass is 35.5. The summed E-state index contributed by atoms with van der Waals surface area (Å²) in [6.45, 7) is 15.3. The van der Waals surface area contributed by atoms with Gasteiger partial charge in [0.25, 0.3) is 0 Å². The molecule has 190 valence electrons. The van der Waals surface area contributed by atoms with Crippen LogP contribution in [-0.4, -0.2) is 50.0 Å². The minimum atomic E-state index is -0.551. The second-order valence-electron chi connectivity index (χ2n) is 10.8. The van der Waals surface area contributed by atoms with Crippen LogP contribution in [-0.2, 0) is 17.7 Å². The van der Waals surface area contributed by atoms with Gasteiger partial charge in [-0.25, -0.2) is 4.79 Å². The van der Waals surface area contributed by atoms with Crippen LogP contribution in [0.25, 0.3) is 0 Å². The van der Waals surface area contributed by atoms with Gasteiger partial charge in [0.2, 0.25) is 0 Å². The lowest BCUT2D eigenvalue weighted by Crippen LogP contribution is -2.56. The monoisotopic (exact) mass is 520 g/mol.